The largest absolute Gasteiger partial charge is 0.305 e. The standard InChI is InChI=1S/C13H14N4O3/c1-9(18)14-12-13(17-20-16-12)15-11(19)8-7-10-5-3-2-4-6-10/h2-6H,7-8H2,1H3,(H,14,16,18)(H,15,17,19). The molecule has 0 saturated carbocycles. The first-order valence-corrected chi connectivity index (χ1v) is 6.09. The van der Waals surface area contributed by atoms with Crippen LogP contribution in [-0.2, 0) is 16.0 Å². The van der Waals surface area contributed by atoms with Crippen LogP contribution >= 0.6 is 0 Å². The van der Waals surface area contributed by atoms with E-state index in [0.29, 0.717) is 12.8 Å². The van der Waals surface area contributed by atoms with Gasteiger partial charge in [-0.15, -0.1) is 0 Å². The highest BCUT2D eigenvalue weighted by Crippen LogP contribution is 2.15. The number of amides is 2. The average Bonchev–Trinajstić information content (AvgIpc) is 2.84. The number of aromatic nitrogens is 2. The van der Waals surface area contributed by atoms with E-state index in [1.807, 2.05) is 30.3 Å². The number of benzene rings is 1. The lowest BCUT2D eigenvalue weighted by atomic mass is 10.1. The van der Waals surface area contributed by atoms with Gasteiger partial charge < -0.3 is 10.6 Å². The molecule has 0 spiro atoms. The third kappa shape index (κ3) is 3.91. The highest BCUT2D eigenvalue weighted by atomic mass is 16.6. The van der Waals surface area contributed by atoms with E-state index < -0.39 is 0 Å². The summed E-state index contributed by atoms with van der Waals surface area (Å²) in [7, 11) is 0. The highest BCUT2D eigenvalue weighted by Gasteiger charge is 2.14. The molecule has 20 heavy (non-hydrogen) atoms. The molecule has 2 amide bonds. The van der Waals surface area contributed by atoms with E-state index in [1.54, 1.807) is 0 Å². The van der Waals surface area contributed by atoms with Crippen LogP contribution < -0.4 is 10.6 Å². The van der Waals surface area contributed by atoms with E-state index in [4.69, 9.17) is 0 Å². The lowest BCUT2D eigenvalue weighted by Gasteiger charge is -2.03. The van der Waals surface area contributed by atoms with Crippen molar-refractivity contribution in [1.82, 2.24) is 10.3 Å². The molecule has 2 rings (SSSR count). The zero-order valence-corrected chi connectivity index (χ0v) is 10.9. The summed E-state index contributed by atoms with van der Waals surface area (Å²) in [4.78, 5) is 22.7. The fourth-order valence-corrected chi connectivity index (χ4v) is 1.62. The maximum Gasteiger partial charge on any atom is 0.226 e. The number of nitrogens with one attached hydrogen (secondary N) is 2. The summed E-state index contributed by atoms with van der Waals surface area (Å²) in [6.45, 7) is 1.33. The summed E-state index contributed by atoms with van der Waals surface area (Å²) in [5, 5.41) is 12.0. The summed E-state index contributed by atoms with van der Waals surface area (Å²) < 4.78 is 4.48. The molecule has 7 heteroatoms. The van der Waals surface area contributed by atoms with Crippen LogP contribution in [0.4, 0.5) is 11.6 Å². The van der Waals surface area contributed by atoms with Gasteiger partial charge in [-0.05, 0) is 22.3 Å². The summed E-state index contributed by atoms with van der Waals surface area (Å²) in [5.41, 5.74) is 1.07. The van der Waals surface area contributed by atoms with Crippen molar-refractivity contribution in [2.24, 2.45) is 0 Å². The Morgan fingerprint density at radius 3 is 2.40 bits per heavy atom. The molecule has 0 atom stereocenters. The van der Waals surface area contributed by atoms with Gasteiger partial charge in [-0.2, -0.15) is 0 Å². The number of carbonyl (C=O) groups excluding carboxylic acids is 2. The molecule has 0 aliphatic carbocycles. The van der Waals surface area contributed by atoms with E-state index in [0.717, 1.165) is 5.56 Å². The van der Waals surface area contributed by atoms with Gasteiger partial charge in [-0.1, -0.05) is 30.3 Å². The monoisotopic (exact) mass is 274 g/mol. The Kier molecular flexibility index (Phi) is 4.43. The second-order valence-electron chi connectivity index (χ2n) is 4.18. The second-order valence-corrected chi connectivity index (χ2v) is 4.18. The molecule has 2 N–H and O–H groups in total. The molecule has 1 aromatic carbocycles. The molecule has 1 heterocycles. The lowest BCUT2D eigenvalue weighted by molar-refractivity contribution is -0.116. The molecule has 1 aromatic heterocycles. The summed E-state index contributed by atoms with van der Waals surface area (Å²) in [5.74, 6) is -0.333. The van der Waals surface area contributed by atoms with Crippen molar-refractivity contribution < 1.29 is 14.2 Å². The summed E-state index contributed by atoms with van der Waals surface area (Å²) in [6.07, 6.45) is 0.920. The minimum atomic E-state index is -0.319. The van der Waals surface area contributed by atoms with Gasteiger partial charge in [0.25, 0.3) is 0 Å². The predicted molar refractivity (Wildman–Crippen MR) is 72.0 cm³/mol. The van der Waals surface area contributed by atoms with Gasteiger partial charge in [0, 0.05) is 13.3 Å². The van der Waals surface area contributed by atoms with Gasteiger partial charge in [-0.25, -0.2) is 4.63 Å². The van der Waals surface area contributed by atoms with E-state index in [9.17, 15) is 9.59 Å². The first kappa shape index (κ1) is 13.7. The molecule has 2 aromatic rings. The lowest BCUT2D eigenvalue weighted by Crippen LogP contribution is -2.15. The first-order chi connectivity index (χ1) is 9.65. The Bertz CT molecular complexity index is 595. The van der Waals surface area contributed by atoms with Crippen molar-refractivity contribution in [3.8, 4) is 0 Å². The number of hydrogen-bond acceptors (Lipinski definition) is 5. The third-order valence-corrected chi connectivity index (χ3v) is 2.52. The molecule has 104 valence electrons. The van der Waals surface area contributed by atoms with Crippen LogP contribution in [0.1, 0.15) is 18.9 Å². The maximum atomic E-state index is 11.8. The maximum absolute atomic E-state index is 11.8. The Hall–Kier alpha value is -2.70. The van der Waals surface area contributed by atoms with Gasteiger partial charge in [0.05, 0.1) is 0 Å². The van der Waals surface area contributed by atoms with E-state index >= 15 is 0 Å². The second kappa shape index (κ2) is 6.46. The van der Waals surface area contributed by atoms with Gasteiger partial charge in [0.2, 0.25) is 23.5 Å². The Morgan fingerprint density at radius 1 is 1.10 bits per heavy atom. The Morgan fingerprint density at radius 2 is 1.75 bits per heavy atom. The Balaban J connectivity index is 1.88. The van der Waals surface area contributed by atoms with Gasteiger partial charge in [0.1, 0.15) is 0 Å². The van der Waals surface area contributed by atoms with Crippen LogP contribution in [0, 0.1) is 0 Å². The molecule has 0 bridgehead atoms. The zero-order valence-electron chi connectivity index (χ0n) is 10.9. The molecular weight excluding hydrogens is 260 g/mol. The quantitative estimate of drug-likeness (QED) is 0.863. The Labute approximate surface area is 115 Å². The molecule has 0 aliphatic rings. The van der Waals surface area contributed by atoms with Crippen LogP contribution in [-0.4, -0.2) is 22.1 Å². The summed E-state index contributed by atoms with van der Waals surface area (Å²) in [6, 6.07) is 9.67. The van der Waals surface area contributed by atoms with Gasteiger partial charge >= 0.3 is 0 Å². The number of hydrogen-bond donors (Lipinski definition) is 2. The number of carbonyl (C=O) groups is 2. The predicted octanol–water partition coefficient (Wildman–Crippen LogP) is 1.60. The van der Waals surface area contributed by atoms with Crippen molar-refractivity contribution in [2.75, 3.05) is 10.6 Å². The van der Waals surface area contributed by atoms with Crippen LogP contribution in [0.2, 0.25) is 0 Å². The minimum Gasteiger partial charge on any atom is -0.305 e. The third-order valence-electron chi connectivity index (χ3n) is 2.52. The first-order valence-electron chi connectivity index (χ1n) is 6.09. The van der Waals surface area contributed by atoms with Gasteiger partial charge in [-0.3, -0.25) is 9.59 Å². The SMILES string of the molecule is CC(=O)Nc1nonc1NC(=O)CCc1ccccc1. The molecule has 0 aliphatic heterocycles. The van der Waals surface area contributed by atoms with E-state index in [2.05, 4.69) is 25.6 Å². The molecule has 0 saturated heterocycles. The topological polar surface area (TPSA) is 97.1 Å². The van der Waals surface area contributed by atoms with Crippen molar-refractivity contribution in [1.29, 1.82) is 0 Å². The fraction of sp³-hybridized carbons (Fsp3) is 0.231. The zero-order chi connectivity index (χ0) is 14.4. The number of aryl methyl sites for hydroxylation is 1. The smallest absolute Gasteiger partial charge is 0.226 e. The van der Waals surface area contributed by atoms with E-state index in [-0.39, 0.29) is 23.5 Å². The van der Waals surface area contributed by atoms with Crippen LogP contribution in [0.3, 0.4) is 0 Å². The van der Waals surface area contributed by atoms with Gasteiger partial charge in [0.15, 0.2) is 0 Å². The normalized spacial score (nSPS) is 10.1. The van der Waals surface area contributed by atoms with Crippen molar-refractivity contribution in [3.63, 3.8) is 0 Å². The van der Waals surface area contributed by atoms with Crippen LogP contribution in [0.15, 0.2) is 35.0 Å². The van der Waals surface area contributed by atoms with Crippen molar-refractivity contribution >= 4 is 23.5 Å². The molecular formula is C13H14N4O3. The minimum absolute atomic E-state index is 0.102. The highest BCUT2D eigenvalue weighted by molar-refractivity contribution is 5.96. The molecule has 0 fully saturated rings. The number of nitrogens with zero attached hydrogens (tertiary/aromatic N) is 2. The van der Waals surface area contributed by atoms with Crippen LogP contribution in [0.5, 0.6) is 0 Å². The molecule has 0 unspecified atom stereocenters. The number of anilines is 2. The van der Waals surface area contributed by atoms with Crippen molar-refractivity contribution in [2.45, 2.75) is 19.8 Å². The average molecular weight is 274 g/mol. The molecule has 0 radical (unpaired) electrons. The van der Waals surface area contributed by atoms with E-state index in [1.165, 1.54) is 6.92 Å². The summed E-state index contributed by atoms with van der Waals surface area (Å²) >= 11 is 0. The number of rotatable bonds is 5. The molecule has 7 nitrogen and oxygen atoms in total. The van der Waals surface area contributed by atoms with Crippen LogP contribution in [0.25, 0.3) is 0 Å². The van der Waals surface area contributed by atoms with Crippen molar-refractivity contribution in [3.05, 3.63) is 35.9 Å². The fourth-order valence-electron chi connectivity index (χ4n) is 1.62.